The normalized spacial score (nSPS) is 10.6. The minimum Gasteiger partial charge on any atom is -0.370 e. The number of nitrogens with zero attached hydrogens (tertiary/aromatic N) is 1. The van der Waals surface area contributed by atoms with Crippen molar-refractivity contribution < 1.29 is 9.53 Å². The summed E-state index contributed by atoms with van der Waals surface area (Å²) in [5.74, 6) is -0.443. The Bertz CT molecular complexity index is 329. The highest BCUT2D eigenvalue weighted by atomic mass is 16.5. The fourth-order valence-corrected chi connectivity index (χ4v) is 1.37. The van der Waals surface area contributed by atoms with E-state index in [0.717, 1.165) is 17.9 Å². The zero-order valence-electron chi connectivity index (χ0n) is 9.67. The van der Waals surface area contributed by atoms with Gasteiger partial charge in [-0.1, -0.05) is 0 Å². The van der Waals surface area contributed by atoms with Crippen molar-refractivity contribution in [2.24, 2.45) is 5.73 Å². The van der Waals surface area contributed by atoms with Gasteiger partial charge in [0.2, 0.25) is 5.91 Å². The number of aromatic nitrogens is 2. The summed E-state index contributed by atoms with van der Waals surface area (Å²) in [6, 6.07) is 0. The van der Waals surface area contributed by atoms with Crippen molar-refractivity contribution in [3.05, 3.63) is 17.0 Å². The van der Waals surface area contributed by atoms with E-state index in [1.54, 1.807) is 0 Å². The van der Waals surface area contributed by atoms with E-state index >= 15 is 0 Å². The molecule has 0 bridgehead atoms. The van der Waals surface area contributed by atoms with Gasteiger partial charge in [0.15, 0.2) is 0 Å². The molecule has 0 aliphatic rings. The van der Waals surface area contributed by atoms with E-state index < -0.39 is 5.91 Å². The summed E-state index contributed by atoms with van der Waals surface area (Å²) in [5, 5.41) is 10.2. The number of H-pyrrole nitrogens is 1. The number of hydrogen-bond acceptors (Lipinski definition) is 4. The van der Waals surface area contributed by atoms with Crippen LogP contribution in [-0.4, -0.2) is 35.9 Å². The monoisotopic (exact) mass is 226 g/mol. The zero-order chi connectivity index (χ0) is 12.0. The first kappa shape index (κ1) is 12.7. The number of carbonyl (C=O) groups is 1. The van der Waals surface area contributed by atoms with Crippen LogP contribution in [0.15, 0.2) is 0 Å². The molecule has 90 valence electrons. The number of rotatable bonds is 7. The van der Waals surface area contributed by atoms with Gasteiger partial charge >= 0.3 is 0 Å². The summed E-state index contributed by atoms with van der Waals surface area (Å²) in [7, 11) is 0. The Morgan fingerprint density at radius 1 is 1.56 bits per heavy atom. The fraction of sp³-hybridized carbons (Fsp3) is 0.600. The second-order valence-electron chi connectivity index (χ2n) is 3.61. The molecule has 1 aromatic heterocycles. The maximum atomic E-state index is 10.4. The van der Waals surface area contributed by atoms with E-state index in [-0.39, 0.29) is 6.61 Å². The maximum absolute atomic E-state index is 10.4. The number of nitrogens with one attached hydrogen (secondary N) is 2. The molecular weight excluding hydrogens is 208 g/mol. The van der Waals surface area contributed by atoms with Gasteiger partial charge in [0, 0.05) is 24.3 Å². The van der Waals surface area contributed by atoms with Gasteiger partial charge in [-0.2, -0.15) is 5.10 Å². The summed E-state index contributed by atoms with van der Waals surface area (Å²) in [6.45, 7) is 5.82. The molecule has 0 radical (unpaired) electrons. The lowest BCUT2D eigenvalue weighted by atomic mass is 10.2. The molecule has 0 spiro atoms. The summed E-state index contributed by atoms with van der Waals surface area (Å²) < 4.78 is 5.01. The van der Waals surface area contributed by atoms with E-state index in [2.05, 4.69) is 15.5 Å². The summed E-state index contributed by atoms with van der Waals surface area (Å²) in [4.78, 5) is 10.4. The van der Waals surface area contributed by atoms with Crippen LogP contribution in [0.25, 0.3) is 0 Å². The Morgan fingerprint density at radius 3 is 2.88 bits per heavy atom. The zero-order valence-corrected chi connectivity index (χ0v) is 9.67. The quantitative estimate of drug-likeness (QED) is 0.552. The third-order valence-corrected chi connectivity index (χ3v) is 2.25. The maximum Gasteiger partial charge on any atom is 0.243 e. The van der Waals surface area contributed by atoms with Crippen molar-refractivity contribution in [2.75, 3.05) is 19.8 Å². The van der Waals surface area contributed by atoms with Crippen LogP contribution < -0.4 is 11.1 Å². The lowest BCUT2D eigenvalue weighted by molar-refractivity contribution is -0.122. The van der Waals surface area contributed by atoms with Crippen molar-refractivity contribution in [1.82, 2.24) is 15.5 Å². The number of ether oxygens (including phenoxy) is 1. The molecule has 0 aliphatic heterocycles. The largest absolute Gasteiger partial charge is 0.370 e. The minimum atomic E-state index is -0.443. The number of carbonyl (C=O) groups excluding carboxylic acids is 1. The van der Waals surface area contributed by atoms with Crippen molar-refractivity contribution in [2.45, 2.75) is 20.4 Å². The molecule has 0 aliphatic carbocycles. The second kappa shape index (κ2) is 6.24. The van der Waals surface area contributed by atoms with Crippen LogP contribution >= 0.6 is 0 Å². The molecule has 0 aromatic carbocycles. The highest BCUT2D eigenvalue weighted by Crippen LogP contribution is 2.07. The Hall–Kier alpha value is -1.40. The number of aromatic amines is 1. The number of amides is 1. The van der Waals surface area contributed by atoms with Gasteiger partial charge in [-0.15, -0.1) is 0 Å². The molecule has 1 aromatic rings. The van der Waals surface area contributed by atoms with Crippen molar-refractivity contribution in [3.63, 3.8) is 0 Å². The van der Waals surface area contributed by atoms with Gasteiger partial charge in [0.05, 0.1) is 12.3 Å². The Labute approximate surface area is 94.5 Å². The van der Waals surface area contributed by atoms with E-state index in [0.29, 0.717) is 13.2 Å². The molecule has 0 saturated carbocycles. The highest BCUT2D eigenvalue weighted by Gasteiger charge is 2.04. The fourth-order valence-electron chi connectivity index (χ4n) is 1.37. The lowest BCUT2D eigenvalue weighted by Gasteiger charge is -2.05. The van der Waals surface area contributed by atoms with Crippen LogP contribution in [0.5, 0.6) is 0 Å². The minimum absolute atomic E-state index is 0.0224. The van der Waals surface area contributed by atoms with Gasteiger partial charge in [-0.3, -0.25) is 9.89 Å². The topological polar surface area (TPSA) is 93.0 Å². The van der Waals surface area contributed by atoms with Crippen LogP contribution in [0, 0.1) is 13.8 Å². The van der Waals surface area contributed by atoms with Crippen molar-refractivity contribution in [3.8, 4) is 0 Å². The Kier molecular flexibility index (Phi) is 4.94. The van der Waals surface area contributed by atoms with Crippen LogP contribution in [-0.2, 0) is 16.1 Å². The summed E-state index contributed by atoms with van der Waals surface area (Å²) in [5.41, 5.74) is 8.18. The number of primary amides is 1. The molecule has 16 heavy (non-hydrogen) atoms. The SMILES string of the molecule is Cc1n[nH]c(C)c1CNCCOCC(N)=O. The second-order valence-corrected chi connectivity index (χ2v) is 3.61. The van der Waals surface area contributed by atoms with Gasteiger partial charge in [0.25, 0.3) is 0 Å². The standard InChI is InChI=1S/C10H18N4O2/c1-7-9(8(2)14-13-7)5-12-3-4-16-6-10(11)15/h12H,3-6H2,1-2H3,(H2,11,15)(H,13,14). The smallest absolute Gasteiger partial charge is 0.243 e. The van der Waals surface area contributed by atoms with Gasteiger partial charge in [0.1, 0.15) is 6.61 Å². The van der Waals surface area contributed by atoms with Gasteiger partial charge in [-0.05, 0) is 13.8 Å². The summed E-state index contributed by atoms with van der Waals surface area (Å²) >= 11 is 0. The molecule has 0 saturated heterocycles. The first-order valence-electron chi connectivity index (χ1n) is 5.18. The predicted octanol–water partition coefficient (Wildman–Crippen LogP) is -0.382. The van der Waals surface area contributed by atoms with Gasteiger partial charge in [-0.25, -0.2) is 0 Å². The predicted molar refractivity (Wildman–Crippen MR) is 59.8 cm³/mol. The molecule has 6 heteroatoms. The number of nitrogens with two attached hydrogens (primary N) is 1. The Balaban J connectivity index is 2.14. The van der Waals surface area contributed by atoms with Crippen molar-refractivity contribution in [1.29, 1.82) is 0 Å². The molecule has 0 atom stereocenters. The number of aryl methyl sites for hydroxylation is 2. The first-order chi connectivity index (χ1) is 7.61. The van der Waals surface area contributed by atoms with Crippen molar-refractivity contribution >= 4 is 5.91 Å². The Morgan fingerprint density at radius 2 is 2.31 bits per heavy atom. The molecule has 4 N–H and O–H groups in total. The molecule has 0 unspecified atom stereocenters. The van der Waals surface area contributed by atoms with E-state index in [9.17, 15) is 4.79 Å². The first-order valence-corrected chi connectivity index (χ1v) is 5.18. The lowest BCUT2D eigenvalue weighted by Crippen LogP contribution is -2.24. The third-order valence-electron chi connectivity index (χ3n) is 2.25. The van der Waals surface area contributed by atoms with E-state index in [1.165, 1.54) is 5.56 Å². The molecule has 1 heterocycles. The van der Waals surface area contributed by atoms with Crippen LogP contribution in [0.1, 0.15) is 17.0 Å². The molecule has 6 nitrogen and oxygen atoms in total. The third kappa shape index (κ3) is 4.00. The van der Waals surface area contributed by atoms with E-state index in [4.69, 9.17) is 10.5 Å². The average molecular weight is 226 g/mol. The van der Waals surface area contributed by atoms with Gasteiger partial charge < -0.3 is 15.8 Å². The summed E-state index contributed by atoms with van der Waals surface area (Å²) in [6.07, 6.45) is 0. The molecular formula is C10H18N4O2. The number of hydrogen-bond donors (Lipinski definition) is 3. The van der Waals surface area contributed by atoms with Crippen LogP contribution in [0.4, 0.5) is 0 Å². The highest BCUT2D eigenvalue weighted by molar-refractivity contribution is 5.74. The average Bonchev–Trinajstić information content (AvgIpc) is 2.53. The van der Waals surface area contributed by atoms with E-state index in [1.807, 2.05) is 13.8 Å². The molecule has 1 amide bonds. The van der Waals surface area contributed by atoms with Crippen LogP contribution in [0.2, 0.25) is 0 Å². The molecule has 0 fully saturated rings. The van der Waals surface area contributed by atoms with Crippen LogP contribution in [0.3, 0.4) is 0 Å². The molecule has 1 rings (SSSR count).